The summed E-state index contributed by atoms with van der Waals surface area (Å²) >= 11 is 0. The molecule has 0 aliphatic carbocycles. The third-order valence-electron chi connectivity index (χ3n) is 5.54. The Morgan fingerprint density at radius 3 is 2.44 bits per heavy atom. The van der Waals surface area contributed by atoms with Gasteiger partial charge in [-0.1, -0.05) is 44.2 Å². The minimum Gasteiger partial charge on any atom is -0.325 e. The third kappa shape index (κ3) is 3.75. The molecule has 2 aromatic rings. The van der Waals surface area contributed by atoms with Crippen molar-refractivity contribution in [2.75, 3.05) is 16.8 Å². The number of anilines is 2. The first-order chi connectivity index (χ1) is 12.8. The fourth-order valence-corrected chi connectivity index (χ4v) is 3.71. The van der Waals surface area contributed by atoms with Crippen LogP contribution in [0.2, 0.25) is 0 Å². The number of para-hydroxylation sites is 1. The van der Waals surface area contributed by atoms with Gasteiger partial charge in [0, 0.05) is 24.3 Å². The maximum Gasteiger partial charge on any atom is 0.229 e. The van der Waals surface area contributed by atoms with Gasteiger partial charge >= 0.3 is 0 Å². The van der Waals surface area contributed by atoms with E-state index in [1.165, 1.54) is 0 Å². The highest BCUT2D eigenvalue weighted by Gasteiger charge is 2.36. The van der Waals surface area contributed by atoms with Crippen LogP contribution in [-0.2, 0) is 9.59 Å². The summed E-state index contributed by atoms with van der Waals surface area (Å²) in [4.78, 5) is 27.3. The molecule has 1 fully saturated rings. The quantitative estimate of drug-likeness (QED) is 0.853. The van der Waals surface area contributed by atoms with E-state index in [1.54, 1.807) is 4.90 Å². The fraction of sp³-hybridized carbons (Fsp3) is 0.391. The van der Waals surface area contributed by atoms with Crippen LogP contribution in [0.25, 0.3) is 0 Å². The minimum absolute atomic E-state index is 0.0118. The van der Waals surface area contributed by atoms with E-state index in [2.05, 4.69) is 25.2 Å². The molecule has 142 valence electrons. The summed E-state index contributed by atoms with van der Waals surface area (Å²) in [5.41, 5.74) is 6.20. The largest absolute Gasteiger partial charge is 0.325 e. The van der Waals surface area contributed by atoms with E-state index >= 15 is 0 Å². The number of carbonyl (C=O) groups is 2. The van der Waals surface area contributed by atoms with E-state index in [-0.39, 0.29) is 24.2 Å². The summed E-state index contributed by atoms with van der Waals surface area (Å²) in [7, 11) is 0. The Balaban J connectivity index is 1.80. The predicted molar refractivity (Wildman–Crippen MR) is 110 cm³/mol. The standard InChI is InChI=1S/C23H28N2O2/c1-14(2)19-10-6-9-16(4)22(19)24-23(27)18-12-21(26)25(13-18)20-11-7-8-15(3)17(20)5/h6-11,14,18H,12-13H2,1-5H3,(H,24,27)/t18-/m0/s1. The first kappa shape index (κ1) is 19.2. The Morgan fingerprint density at radius 1 is 1.07 bits per heavy atom. The number of hydrogen-bond donors (Lipinski definition) is 1. The van der Waals surface area contributed by atoms with Crippen LogP contribution < -0.4 is 10.2 Å². The minimum atomic E-state index is -0.336. The van der Waals surface area contributed by atoms with Crippen LogP contribution in [0.4, 0.5) is 11.4 Å². The Hall–Kier alpha value is -2.62. The molecule has 0 saturated carbocycles. The molecule has 1 atom stereocenters. The molecule has 0 spiro atoms. The number of rotatable bonds is 4. The van der Waals surface area contributed by atoms with Gasteiger partial charge in [-0.15, -0.1) is 0 Å². The molecular weight excluding hydrogens is 336 g/mol. The zero-order valence-corrected chi connectivity index (χ0v) is 16.8. The van der Waals surface area contributed by atoms with Crippen molar-refractivity contribution in [1.82, 2.24) is 0 Å². The van der Waals surface area contributed by atoms with Crippen molar-refractivity contribution in [1.29, 1.82) is 0 Å². The van der Waals surface area contributed by atoms with Crippen LogP contribution in [0, 0.1) is 26.7 Å². The molecule has 1 aliphatic rings. The van der Waals surface area contributed by atoms with Gasteiger partial charge < -0.3 is 10.2 Å². The van der Waals surface area contributed by atoms with Gasteiger partial charge in [-0.2, -0.15) is 0 Å². The second-order valence-electron chi connectivity index (χ2n) is 7.81. The van der Waals surface area contributed by atoms with Crippen LogP contribution in [0.15, 0.2) is 36.4 Å². The van der Waals surface area contributed by atoms with Crippen molar-refractivity contribution in [3.63, 3.8) is 0 Å². The van der Waals surface area contributed by atoms with Gasteiger partial charge in [0.2, 0.25) is 11.8 Å². The highest BCUT2D eigenvalue weighted by Crippen LogP contribution is 2.32. The molecule has 0 unspecified atom stereocenters. The lowest BCUT2D eigenvalue weighted by Gasteiger charge is -2.21. The average Bonchev–Trinajstić information content (AvgIpc) is 3.00. The van der Waals surface area contributed by atoms with Gasteiger partial charge in [-0.25, -0.2) is 0 Å². The predicted octanol–water partition coefficient (Wildman–Crippen LogP) is 4.73. The summed E-state index contributed by atoms with van der Waals surface area (Å²) in [6.07, 6.45) is 0.252. The number of benzene rings is 2. The van der Waals surface area contributed by atoms with Crippen molar-refractivity contribution < 1.29 is 9.59 Å². The lowest BCUT2D eigenvalue weighted by atomic mass is 9.97. The van der Waals surface area contributed by atoms with Gasteiger partial charge in [-0.3, -0.25) is 9.59 Å². The molecule has 27 heavy (non-hydrogen) atoms. The van der Waals surface area contributed by atoms with E-state index in [9.17, 15) is 9.59 Å². The second-order valence-corrected chi connectivity index (χ2v) is 7.81. The van der Waals surface area contributed by atoms with Crippen LogP contribution in [-0.4, -0.2) is 18.4 Å². The number of nitrogens with zero attached hydrogens (tertiary/aromatic N) is 1. The monoisotopic (exact) mass is 364 g/mol. The number of aryl methyl sites for hydroxylation is 2. The molecule has 3 rings (SSSR count). The summed E-state index contributed by atoms with van der Waals surface area (Å²) in [6, 6.07) is 12.0. The van der Waals surface area contributed by atoms with E-state index in [1.807, 2.05) is 51.1 Å². The van der Waals surface area contributed by atoms with Crippen LogP contribution in [0.5, 0.6) is 0 Å². The number of hydrogen-bond acceptors (Lipinski definition) is 2. The van der Waals surface area contributed by atoms with E-state index < -0.39 is 0 Å². The lowest BCUT2D eigenvalue weighted by molar-refractivity contribution is -0.122. The summed E-state index contributed by atoms with van der Waals surface area (Å²) in [6.45, 7) is 10.7. The highest BCUT2D eigenvalue weighted by atomic mass is 16.2. The second kappa shape index (κ2) is 7.55. The van der Waals surface area contributed by atoms with E-state index in [4.69, 9.17) is 0 Å². The zero-order valence-electron chi connectivity index (χ0n) is 16.8. The van der Waals surface area contributed by atoms with Gasteiger partial charge in [0.1, 0.15) is 0 Å². The van der Waals surface area contributed by atoms with Crippen LogP contribution in [0.3, 0.4) is 0 Å². The first-order valence-corrected chi connectivity index (χ1v) is 9.56. The zero-order chi connectivity index (χ0) is 19.7. The smallest absolute Gasteiger partial charge is 0.229 e. The van der Waals surface area contributed by atoms with Crippen molar-refractivity contribution >= 4 is 23.2 Å². The number of amides is 2. The number of nitrogens with one attached hydrogen (secondary N) is 1. The molecule has 4 heteroatoms. The van der Waals surface area contributed by atoms with E-state index in [0.29, 0.717) is 12.5 Å². The third-order valence-corrected chi connectivity index (χ3v) is 5.54. The van der Waals surface area contributed by atoms with E-state index in [0.717, 1.165) is 33.6 Å². The average molecular weight is 364 g/mol. The Morgan fingerprint density at radius 2 is 1.74 bits per heavy atom. The molecule has 2 amide bonds. The lowest BCUT2D eigenvalue weighted by Crippen LogP contribution is -2.29. The first-order valence-electron chi connectivity index (χ1n) is 9.56. The van der Waals surface area contributed by atoms with Gasteiger partial charge in [-0.05, 0) is 55.0 Å². The molecule has 4 nitrogen and oxygen atoms in total. The Bertz CT molecular complexity index is 886. The van der Waals surface area contributed by atoms with Crippen molar-refractivity contribution in [2.24, 2.45) is 5.92 Å². The van der Waals surface area contributed by atoms with Crippen LogP contribution in [0.1, 0.15) is 48.4 Å². The molecule has 0 bridgehead atoms. The Kier molecular flexibility index (Phi) is 5.36. The summed E-state index contributed by atoms with van der Waals surface area (Å²) in [5.74, 6) is -0.0843. The van der Waals surface area contributed by atoms with Gasteiger partial charge in [0.25, 0.3) is 0 Å². The number of carbonyl (C=O) groups excluding carboxylic acids is 2. The molecule has 0 aromatic heterocycles. The van der Waals surface area contributed by atoms with Crippen molar-refractivity contribution in [3.05, 3.63) is 58.7 Å². The maximum atomic E-state index is 12.9. The van der Waals surface area contributed by atoms with Crippen molar-refractivity contribution in [3.8, 4) is 0 Å². The molecule has 1 saturated heterocycles. The van der Waals surface area contributed by atoms with Gasteiger partial charge in [0.05, 0.1) is 5.92 Å². The molecule has 1 heterocycles. The van der Waals surface area contributed by atoms with Crippen molar-refractivity contribution in [2.45, 2.75) is 47.0 Å². The summed E-state index contributed by atoms with van der Waals surface area (Å²) in [5, 5.41) is 3.10. The molecule has 1 N–H and O–H groups in total. The topological polar surface area (TPSA) is 49.4 Å². The SMILES string of the molecule is Cc1cccc(N2C[C@@H](C(=O)Nc3c(C)cccc3C(C)C)CC2=O)c1C. The molecule has 1 aliphatic heterocycles. The highest BCUT2D eigenvalue weighted by molar-refractivity contribution is 6.04. The molecule has 0 radical (unpaired) electrons. The Labute approximate surface area is 161 Å². The summed E-state index contributed by atoms with van der Waals surface area (Å²) < 4.78 is 0. The molecule has 2 aromatic carbocycles. The van der Waals surface area contributed by atoms with Gasteiger partial charge in [0.15, 0.2) is 0 Å². The maximum absolute atomic E-state index is 12.9. The molecular formula is C23H28N2O2. The van der Waals surface area contributed by atoms with Crippen LogP contribution >= 0.6 is 0 Å². The fourth-order valence-electron chi connectivity index (χ4n) is 3.71. The normalized spacial score (nSPS) is 16.9.